The molecule has 4 aromatic carbocycles. The summed E-state index contributed by atoms with van der Waals surface area (Å²) in [6.07, 6.45) is 0. The number of para-hydroxylation sites is 2. The number of benzene rings is 4. The van der Waals surface area contributed by atoms with Crippen LogP contribution in [0.5, 0.6) is 0 Å². The molecule has 1 heterocycles. The Bertz CT molecular complexity index is 1300. The zero-order chi connectivity index (χ0) is 20.6. The first kappa shape index (κ1) is 18.6. The summed E-state index contributed by atoms with van der Waals surface area (Å²) in [5, 5.41) is 2.40. The van der Waals surface area contributed by atoms with Crippen LogP contribution < -0.4 is 15.9 Å². The Morgan fingerprint density at radius 2 is 1.30 bits per heavy atom. The second-order valence-corrected chi connectivity index (χ2v) is 10.1. The molecule has 30 heavy (non-hydrogen) atoms. The molecule has 0 aliphatic carbocycles. The minimum Gasteiger partial charge on any atom is -0.436 e. The van der Waals surface area contributed by atoms with E-state index in [-0.39, 0.29) is 0 Å². The van der Waals surface area contributed by atoms with Gasteiger partial charge in [0, 0.05) is 21.5 Å². The van der Waals surface area contributed by atoms with Crippen molar-refractivity contribution in [2.75, 3.05) is 0 Å². The number of oxazole rings is 1. The third-order valence-electron chi connectivity index (χ3n) is 5.21. The first-order valence-corrected chi connectivity index (χ1v) is 11.5. The van der Waals surface area contributed by atoms with Crippen LogP contribution in [0.15, 0.2) is 108 Å². The largest absolute Gasteiger partial charge is 0.436 e. The Hall–Kier alpha value is -3.42. The van der Waals surface area contributed by atoms with E-state index in [9.17, 15) is 4.57 Å². The van der Waals surface area contributed by atoms with E-state index < -0.39 is 7.14 Å². The number of hydrogen-bond acceptors (Lipinski definition) is 3. The van der Waals surface area contributed by atoms with Crippen molar-refractivity contribution < 1.29 is 8.98 Å². The molecule has 0 amide bonds. The second-order valence-electron chi connectivity index (χ2n) is 7.32. The maximum absolute atomic E-state index is 14.7. The molecular weight excluding hydrogens is 389 g/mol. The Labute approximate surface area is 175 Å². The molecule has 1 aromatic heterocycles. The SMILES string of the molecule is Cc1cc(-c2nc3ccccc3o2)cc(P(=O)(c2ccccc2)c2ccccc2)c1. The fourth-order valence-corrected chi connectivity index (χ4v) is 6.57. The number of nitrogens with zero attached hydrogens (tertiary/aromatic N) is 1. The van der Waals surface area contributed by atoms with Gasteiger partial charge in [-0.05, 0) is 42.8 Å². The molecule has 4 heteroatoms. The zero-order valence-electron chi connectivity index (χ0n) is 16.5. The van der Waals surface area contributed by atoms with Gasteiger partial charge >= 0.3 is 0 Å². The second kappa shape index (κ2) is 7.44. The maximum atomic E-state index is 14.7. The summed E-state index contributed by atoms with van der Waals surface area (Å²) in [5.74, 6) is 0.536. The molecule has 0 radical (unpaired) electrons. The van der Waals surface area contributed by atoms with Gasteiger partial charge in [0.2, 0.25) is 5.89 Å². The number of hydrogen-bond donors (Lipinski definition) is 0. The first-order valence-electron chi connectivity index (χ1n) is 9.84. The van der Waals surface area contributed by atoms with E-state index in [1.807, 2.05) is 110 Å². The van der Waals surface area contributed by atoms with Gasteiger partial charge in [-0.1, -0.05) is 72.8 Å². The molecule has 0 atom stereocenters. The molecule has 0 aliphatic rings. The average molecular weight is 409 g/mol. The number of aromatic nitrogens is 1. The van der Waals surface area contributed by atoms with Gasteiger partial charge in [-0.15, -0.1) is 0 Å². The monoisotopic (exact) mass is 409 g/mol. The topological polar surface area (TPSA) is 43.1 Å². The fourth-order valence-electron chi connectivity index (χ4n) is 3.79. The van der Waals surface area contributed by atoms with Crippen molar-refractivity contribution >= 4 is 34.2 Å². The summed E-state index contributed by atoms with van der Waals surface area (Å²) in [6, 6.07) is 33.1. The normalized spacial score (nSPS) is 11.6. The van der Waals surface area contributed by atoms with E-state index in [0.717, 1.165) is 38.1 Å². The van der Waals surface area contributed by atoms with Crippen molar-refractivity contribution in [3.8, 4) is 11.5 Å². The predicted octanol–water partition coefficient (Wildman–Crippen LogP) is 5.44. The summed E-state index contributed by atoms with van der Waals surface area (Å²) < 4.78 is 20.7. The molecule has 0 N–H and O–H groups in total. The molecule has 3 nitrogen and oxygen atoms in total. The summed E-state index contributed by atoms with van der Waals surface area (Å²) in [6.45, 7) is 2.01. The van der Waals surface area contributed by atoms with E-state index in [1.165, 1.54) is 0 Å². The Balaban J connectivity index is 1.74. The minimum atomic E-state index is -3.05. The maximum Gasteiger partial charge on any atom is 0.227 e. The summed E-state index contributed by atoms with van der Waals surface area (Å²) in [7, 11) is -3.05. The average Bonchev–Trinajstić information content (AvgIpc) is 3.24. The number of fused-ring (bicyclic) bond motifs is 1. The van der Waals surface area contributed by atoms with Crippen LogP contribution in [-0.4, -0.2) is 4.98 Å². The predicted molar refractivity (Wildman–Crippen MR) is 124 cm³/mol. The molecule has 0 unspecified atom stereocenters. The smallest absolute Gasteiger partial charge is 0.227 e. The highest BCUT2D eigenvalue weighted by Crippen LogP contribution is 2.43. The number of rotatable bonds is 4. The zero-order valence-corrected chi connectivity index (χ0v) is 17.4. The van der Waals surface area contributed by atoms with Crippen LogP contribution in [0.25, 0.3) is 22.6 Å². The van der Waals surface area contributed by atoms with Crippen LogP contribution in [0.1, 0.15) is 5.56 Å². The lowest BCUT2D eigenvalue weighted by atomic mass is 10.1. The summed E-state index contributed by atoms with van der Waals surface area (Å²) >= 11 is 0. The van der Waals surface area contributed by atoms with Gasteiger partial charge < -0.3 is 8.98 Å². The lowest BCUT2D eigenvalue weighted by Crippen LogP contribution is -2.25. The molecule has 5 rings (SSSR count). The molecule has 146 valence electrons. The standard InChI is InChI=1S/C26H20NO2P/c1-19-16-20(26-27-24-14-8-9-15-25(24)29-26)18-23(17-19)30(28,21-10-4-2-5-11-21)22-12-6-3-7-13-22/h2-18H,1H3. The molecule has 0 saturated heterocycles. The van der Waals surface area contributed by atoms with Crippen molar-refractivity contribution in [2.45, 2.75) is 6.92 Å². The quantitative estimate of drug-likeness (QED) is 0.371. The van der Waals surface area contributed by atoms with Gasteiger partial charge in [0.25, 0.3) is 0 Å². The van der Waals surface area contributed by atoms with Crippen molar-refractivity contribution in [3.05, 3.63) is 109 Å². The fraction of sp³-hybridized carbons (Fsp3) is 0.0385. The van der Waals surface area contributed by atoms with Crippen molar-refractivity contribution in [2.24, 2.45) is 0 Å². The Kier molecular flexibility index (Phi) is 4.61. The highest BCUT2D eigenvalue weighted by Gasteiger charge is 2.30. The van der Waals surface area contributed by atoms with E-state index in [4.69, 9.17) is 4.42 Å². The van der Waals surface area contributed by atoms with Gasteiger partial charge in [0.1, 0.15) is 5.52 Å². The van der Waals surface area contributed by atoms with Gasteiger partial charge in [0.15, 0.2) is 12.7 Å². The molecule has 0 saturated carbocycles. The van der Waals surface area contributed by atoms with Gasteiger partial charge in [0.05, 0.1) is 0 Å². The van der Waals surface area contributed by atoms with Gasteiger partial charge in [-0.25, -0.2) is 4.98 Å². The Morgan fingerprint density at radius 3 is 1.93 bits per heavy atom. The highest BCUT2D eigenvalue weighted by molar-refractivity contribution is 7.85. The van der Waals surface area contributed by atoms with Crippen molar-refractivity contribution in [3.63, 3.8) is 0 Å². The molecule has 5 aromatic rings. The van der Waals surface area contributed by atoms with Crippen molar-refractivity contribution in [1.29, 1.82) is 0 Å². The van der Waals surface area contributed by atoms with Crippen LogP contribution in [0.3, 0.4) is 0 Å². The van der Waals surface area contributed by atoms with E-state index in [0.29, 0.717) is 5.89 Å². The lowest BCUT2D eigenvalue weighted by molar-refractivity contribution is 0.592. The highest BCUT2D eigenvalue weighted by atomic mass is 31.2. The third kappa shape index (κ3) is 3.18. The van der Waals surface area contributed by atoms with Crippen LogP contribution in [0.2, 0.25) is 0 Å². The minimum absolute atomic E-state index is 0.536. The first-order chi connectivity index (χ1) is 14.6. The van der Waals surface area contributed by atoms with Gasteiger partial charge in [-0.3, -0.25) is 0 Å². The molecule has 0 aliphatic heterocycles. The summed E-state index contributed by atoms with van der Waals surface area (Å²) in [4.78, 5) is 4.64. The molecule has 0 spiro atoms. The Morgan fingerprint density at radius 1 is 0.700 bits per heavy atom. The van der Waals surface area contributed by atoms with Gasteiger partial charge in [-0.2, -0.15) is 0 Å². The van der Waals surface area contributed by atoms with Crippen LogP contribution in [-0.2, 0) is 4.57 Å². The van der Waals surface area contributed by atoms with Crippen LogP contribution in [0, 0.1) is 6.92 Å². The van der Waals surface area contributed by atoms with Crippen molar-refractivity contribution in [1.82, 2.24) is 4.98 Å². The van der Waals surface area contributed by atoms with E-state index in [2.05, 4.69) is 4.98 Å². The number of aryl methyl sites for hydroxylation is 1. The van der Waals surface area contributed by atoms with Crippen LogP contribution >= 0.6 is 7.14 Å². The molecule has 0 fully saturated rings. The van der Waals surface area contributed by atoms with Crippen LogP contribution in [0.4, 0.5) is 0 Å². The molecular formula is C26H20NO2P. The van der Waals surface area contributed by atoms with E-state index >= 15 is 0 Å². The lowest BCUT2D eigenvalue weighted by Gasteiger charge is -2.21. The van der Waals surface area contributed by atoms with E-state index in [1.54, 1.807) is 0 Å². The summed E-state index contributed by atoms with van der Waals surface area (Å²) in [5.41, 5.74) is 3.39. The molecule has 0 bridgehead atoms. The third-order valence-corrected chi connectivity index (χ3v) is 8.24.